The quantitative estimate of drug-likeness (QED) is 0.799. The number of thiazole rings is 1. The molecule has 18 heavy (non-hydrogen) atoms. The first-order valence-electron chi connectivity index (χ1n) is 6.77. The summed E-state index contributed by atoms with van der Waals surface area (Å²) in [6, 6.07) is 0.544. The molecule has 2 fully saturated rings. The number of ether oxygens (including phenoxy) is 1. The van der Waals surface area contributed by atoms with Gasteiger partial charge in [0.15, 0.2) is 5.13 Å². The van der Waals surface area contributed by atoms with Crippen LogP contribution in [0, 0.1) is 0 Å². The second kappa shape index (κ2) is 5.76. The second-order valence-corrected chi connectivity index (χ2v) is 6.23. The Balaban J connectivity index is 1.76. The Labute approximate surface area is 117 Å². The van der Waals surface area contributed by atoms with E-state index >= 15 is 0 Å². The van der Waals surface area contributed by atoms with E-state index in [2.05, 4.69) is 10.3 Å². The molecule has 0 spiro atoms. The van der Waals surface area contributed by atoms with E-state index in [1.807, 2.05) is 0 Å². The van der Waals surface area contributed by atoms with Gasteiger partial charge in [-0.05, 0) is 12.8 Å². The van der Waals surface area contributed by atoms with E-state index in [0.717, 1.165) is 30.4 Å². The van der Waals surface area contributed by atoms with Crippen molar-refractivity contribution in [2.45, 2.75) is 44.2 Å². The fraction of sp³-hybridized carbons (Fsp3) is 0.769. The number of hydrogen-bond acceptors (Lipinski definition) is 4. The molecule has 1 aromatic heterocycles. The summed E-state index contributed by atoms with van der Waals surface area (Å²) in [5.74, 6) is 0.651. The van der Waals surface area contributed by atoms with Crippen LogP contribution in [0.2, 0.25) is 0 Å². The molecule has 2 aliphatic rings. The third kappa shape index (κ3) is 2.51. The number of fused-ring (bicyclic) bond motifs is 1. The highest BCUT2D eigenvalue weighted by Gasteiger charge is 2.35. The van der Waals surface area contributed by atoms with Crippen LogP contribution in [0.5, 0.6) is 0 Å². The van der Waals surface area contributed by atoms with Crippen LogP contribution in [-0.4, -0.2) is 36.2 Å². The lowest BCUT2D eigenvalue weighted by molar-refractivity contribution is -0.00869. The van der Waals surface area contributed by atoms with Crippen LogP contribution >= 0.6 is 22.9 Å². The molecule has 1 saturated carbocycles. The van der Waals surface area contributed by atoms with E-state index in [0.29, 0.717) is 18.0 Å². The molecule has 3 rings (SSSR count). The Kier molecular flexibility index (Phi) is 4.07. The molecule has 2 atom stereocenters. The van der Waals surface area contributed by atoms with Gasteiger partial charge in [0.1, 0.15) is 0 Å². The fourth-order valence-electron chi connectivity index (χ4n) is 2.97. The van der Waals surface area contributed by atoms with Crippen molar-refractivity contribution in [1.29, 1.82) is 0 Å². The summed E-state index contributed by atoms with van der Waals surface area (Å²) in [4.78, 5) is 7.19. The predicted molar refractivity (Wildman–Crippen MR) is 75.9 cm³/mol. The molecule has 0 radical (unpaired) electrons. The summed E-state index contributed by atoms with van der Waals surface area (Å²) in [5.41, 5.74) is 1.13. The molecule has 3 nitrogen and oxygen atoms in total. The summed E-state index contributed by atoms with van der Waals surface area (Å²) in [5, 5.41) is 3.31. The fourth-order valence-corrected chi connectivity index (χ4v) is 4.11. The average Bonchev–Trinajstić information content (AvgIpc) is 2.87. The van der Waals surface area contributed by atoms with E-state index in [-0.39, 0.29) is 0 Å². The van der Waals surface area contributed by atoms with Crippen molar-refractivity contribution in [3.05, 3.63) is 11.1 Å². The molecule has 0 bridgehead atoms. The van der Waals surface area contributed by atoms with Crippen LogP contribution in [0.3, 0.4) is 0 Å². The summed E-state index contributed by atoms with van der Waals surface area (Å²) in [6.07, 6.45) is 6.38. The largest absolute Gasteiger partial charge is 0.374 e. The van der Waals surface area contributed by atoms with Gasteiger partial charge in [-0.3, -0.25) is 0 Å². The number of morpholine rings is 1. The number of nitrogens with zero attached hydrogens (tertiary/aromatic N) is 2. The number of hydrogen-bond donors (Lipinski definition) is 0. The minimum Gasteiger partial charge on any atom is -0.374 e. The zero-order chi connectivity index (χ0) is 12.4. The first kappa shape index (κ1) is 12.7. The van der Waals surface area contributed by atoms with E-state index in [9.17, 15) is 0 Å². The molecule has 1 aromatic rings. The van der Waals surface area contributed by atoms with Crippen molar-refractivity contribution >= 4 is 28.1 Å². The summed E-state index contributed by atoms with van der Waals surface area (Å²) in [7, 11) is 0. The average molecular weight is 287 g/mol. The van der Waals surface area contributed by atoms with Crippen LogP contribution in [0.4, 0.5) is 5.13 Å². The Hall–Kier alpha value is -0.320. The number of anilines is 1. The number of halogens is 1. The molecule has 0 amide bonds. The van der Waals surface area contributed by atoms with Gasteiger partial charge >= 0.3 is 0 Å². The van der Waals surface area contributed by atoms with Crippen LogP contribution in [0.1, 0.15) is 31.4 Å². The van der Waals surface area contributed by atoms with Crippen molar-refractivity contribution in [2.24, 2.45) is 0 Å². The normalized spacial score (nSPS) is 28.2. The predicted octanol–water partition coefficient (Wildman–Crippen LogP) is 3.07. The van der Waals surface area contributed by atoms with Gasteiger partial charge in [0.05, 0.1) is 24.4 Å². The lowest BCUT2D eigenvalue weighted by atomic mass is 9.90. The summed E-state index contributed by atoms with van der Waals surface area (Å²) in [6.45, 7) is 1.82. The lowest BCUT2D eigenvalue weighted by Gasteiger charge is -2.43. The van der Waals surface area contributed by atoms with Gasteiger partial charge in [-0.1, -0.05) is 12.8 Å². The van der Waals surface area contributed by atoms with Crippen molar-refractivity contribution in [2.75, 3.05) is 23.9 Å². The van der Waals surface area contributed by atoms with Gasteiger partial charge < -0.3 is 9.64 Å². The Morgan fingerprint density at radius 2 is 2.33 bits per heavy atom. The molecule has 5 heteroatoms. The first-order valence-corrected chi connectivity index (χ1v) is 8.18. The third-order valence-corrected chi connectivity index (χ3v) is 4.98. The lowest BCUT2D eigenvalue weighted by Crippen LogP contribution is -2.52. The maximum atomic E-state index is 5.90. The molecule has 0 N–H and O–H groups in total. The van der Waals surface area contributed by atoms with Crippen molar-refractivity contribution in [3.63, 3.8) is 0 Å². The molecule has 100 valence electrons. The Morgan fingerprint density at radius 3 is 3.22 bits per heavy atom. The molecule has 2 heterocycles. The standard InChI is InChI=1S/C13H19ClN2OS/c14-6-5-10-9-18-13(15-10)16-7-8-17-12-4-2-1-3-11(12)16/h9,11-12H,1-8H2. The van der Waals surface area contributed by atoms with Gasteiger partial charge in [0.2, 0.25) is 0 Å². The van der Waals surface area contributed by atoms with Crippen LogP contribution in [0.25, 0.3) is 0 Å². The SMILES string of the molecule is ClCCc1csc(N2CCOC3CCCCC32)n1. The Morgan fingerprint density at radius 1 is 1.44 bits per heavy atom. The number of aromatic nitrogens is 1. The van der Waals surface area contributed by atoms with Crippen molar-refractivity contribution < 1.29 is 4.74 Å². The van der Waals surface area contributed by atoms with Crippen LogP contribution < -0.4 is 4.90 Å². The van der Waals surface area contributed by atoms with Gasteiger partial charge in [-0.25, -0.2) is 4.98 Å². The van der Waals surface area contributed by atoms with E-state index < -0.39 is 0 Å². The highest BCUT2D eigenvalue weighted by Crippen LogP contribution is 2.33. The molecule has 2 unspecified atom stereocenters. The monoisotopic (exact) mass is 286 g/mol. The molecular formula is C13H19ClN2OS. The van der Waals surface area contributed by atoms with Gasteiger partial charge in [0, 0.05) is 24.2 Å². The van der Waals surface area contributed by atoms with Gasteiger partial charge in [-0.2, -0.15) is 0 Å². The van der Waals surface area contributed by atoms with E-state index in [4.69, 9.17) is 21.3 Å². The highest BCUT2D eigenvalue weighted by atomic mass is 35.5. The number of alkyl halides is 1. The maximum absolute atomic E-state index is 5.90. The maximum Gasteiger partial charge on any atom is 0.185 e. The topological polar surface area (TPSA) is 25.4 Å². The number of aryl methyl sites for hydroxylation is 1. The molecule has 0 aromatic carbocycles. The molecule has 1 aliphatic heterocycles. The highest BCUT2D eigenvalue weighted by molar-refractivity contribution is 7.13. The van der Waals surface area contributed by atoms with E-state index in [1.54, 1.807) is 11.3 Å². The molecule has 1 saturated heterocycles. The van der Waals surface area contributed by atoms with Gasteiger partial charge in [-0.15, -0.1) is 22.9 Å². The first-order chi connectivity index (χ1) is 8.88. The van der Waals surface area contributed by atoms with Crippen LogP contribution in [-0.2, 0) is 11.2 Å². The summed E-state index contributed by atoms with van der Waals surface area (Å²) < 4.78 is 5.90. The zero-order valence-corrected chi connectivity index (χ0v) is 12.1. The van der Waals surface area contributed by atoms with Crippen LogP contribution in [0.15, 0.2) is 5.38 Å². The molecular weight excluding hydrogens is 268 g/mol. The minimum absolute atomic E-state index is 0.424. The smallest absolute Gasteiger partial charge is 0.185 e. The van der Waals surface area contributed by atoms with Crippen molar-refractivity contribution in [3.8, 4) is 0 Å². The Bertz CT molecular complexity index is 396. The van der Waals surface area contributed by atoms with E-state index in [1.165, 1.54) is 25.7 Å². The second-order valence-electron chi connectivity index (χ2n) is 5.01. The summed E-state index contributed by atoms with van der Waals surface area (Å²) >= 11 is 7.53. The van der Waals surface area contributed by atoms with Crippen molar-refractivity contribution in [1.82, 2.24) is 4.98 Å². The third-order valence-electron chi connectivity index (χ3n) is 3.87. The number of rotatable bonds is 3. The van der Waals surface area contributed by atoms with Gasteiger partial charge in [0.25, 0.3) is 0 Å². The zero-order valence-electron chi connectivity index (χ0n) is 10.5. The minimum atomic E-state index is 0.424. The molecule has 1 aliphatic carbocycles.